The van der Waals surface area contributed by atoms with Crippen molar-refractivity contribution < 1.29 is 9.84 Å². The Labute approximate surface area is 117 Å². The average Bonchev–Trinajstić information content (AvgIpc) is 2.29. The number of aliphatic hydroxyl groups is 1. The van der Waals surface area contributed by atoms with Gasteiger partial charge < -0.3 is 15.2 Å². The van der Waals surface area contributed by atoms with Gasteiger partial charge in [-0.1, -0.05) is 24.6 Å². The maximum atomic E-state index is 9.71. The molecule has 1 rings (SSSR count). The van der Waals surface area contributed by atoms with Crippen LogP contribution in [0.2, 0.25) is 0 Å². The molecule has 1 aromatic rings. The predicted octanol–water partition coefficient (Wildman–Crippen LogP) is 3.21. The summed E-state index contributed by atoms with van der Waals surface area (Å²) in [6, 6.07) is 6.50. The van der Waals surface area contributed by atoms with Gasteiger partial charge in [-0.3, -0.25) is 0 Å². The second-order valence-corrected chi connectivity index (χ2v) is 5.73. The summed E-state index contributed by atoms with van der Waals surface area (Å²) in [5.74, 6) is 0.906. The maximum Gasteiger partial charge on any atom is 0.124 e. The van der Waals surface area contributed by atoms with Gasteiger partial charge in [-0.15, -0.1) is 0 Å². The lowest BCUT2D eigenvalue weighted by Crippen LogP contribution is -2.23. The zero-order valence-corrected chi connectivity index (χ0v) is 12.8. The molecule has 1 atom stereocenters. The Hall–Kier alpha value is -1.06. The molecule has 0 spiro atoms. The summed E-state index contributed by atoms with van der Waals surface area (Å²) < 4.78 is 5.84. The van der Waals surface area contributed by atoms with Gasteiger partial charge in [0.15, 0.2) is 0 Å². The van der Waals surface area contributed by atoms with E-state index in [0.717, 1.165) is 12.3 Å². The highest BCUT2D eigenvalue weighted by atomic mass is 16.5. The topological polar surface area (TPSA) is 41.5 Å². The van der Waals surface area contributed by atoms with Crippen molar-refractivity contribution in [3.05, 3.63) is 29.3 Å². The van der Waals surface area contributed by atoms with Crippen molar-refractivity contribution in [2.45, 2.75) is 52.7 Å². The first kappa shape index (κ1) is 16.0. The number of aryl methyl sites for hydroxylation is 1. The monoisotopic (exact) mass is 265 g/mol. The van der Waals surface area contributed by atoms with Gasteiger partial charge in [0.2, 0.25) is 0 Å². The molecule has 1 unspecified atom stereocenters. The minimum atomic E-state index is -0.682. The van der Waals surface area contributed by atoms with Gasteiger partial charge >= 0.3 is 0 Å². The van der Waals surface area contributed by atoms with Crippen LogP contribution in [0, 0.1) is 6.92 Å². The molecule has 0 saturated heterocycles. The fourth-order valence-electron chi connectivity index (χ4n) is 1.96. The van der Waals surface area contributed by atoms with Gasteiger partial charge in [0.1, 0.15) is 5.75 Å². The third-order valence-corrected chi connectivity index (χ3v) is 3.11. The molecule has 1 aromatic carbocycles. The summed E-state index contributed by atoms with van der Waals surface area (Å²) in [6.45, 7) is 11.4. The van der Waals surface area contributed by atoms with Crippen LogP contribution in [0.25, 0.3) is 0 Å². The van der Waals surface area contributed by atoms with E-state index in [4.69, 9.17) is 4.74 Å². The highest BCUT2D eigenvalue weighted by Gasteiger charge is 2.14. The minimum absolute atomic E-state index is 0.266. The van der Waals surface area contributed by atoms with Crippen LogP contribution in [0.5, 0.6) is 5.75 Å². The molecule has 0 aliphatic rings. The summed E-state index contributed by atoms with van der Waals surface area (Å²) >= 11 is 0. The summed E-state index contributed by atoms with van der Waals surface area (Å²) in [5.41, 5.74) is 1.73. The Morgan fingerprint density at radius 2 is 2.05 bits per heavy atom. The van der Waals surface area contributed by atoms with Crippen LogP contribution in [0.15, 0.2) is 18.2 Å². The van der Waals surface area contributed by atoms with Crippen molar-refractivity contribution in [1.29, 1.82) is 0 Å². The molecular weight excluding hydrogens is 238 g/mol. The second-order valence-electron chi connectivity index (χ2n) is 5.73. The zero-order chi connectivity index (χ0) is 14.5. The van der Waals surface area contributed by atoms with E-state index in [9.17, 15) is 5.11 Å². The Kier molecular flexibility index (Phi) is 5.83. The van der Waals surface area contributed by atoms with Crippen LogP contribution in [-0.4, -0.2) is 23.9 Å². The maximum absolute atomic E-state index is 9.71. The lowest BCUT2D eigenvalue weighted by atomic mass is 10.0. The average molecular weight is 265 g/mol. The normalized spacial score (nSPS) is 13.4. The zero-order valence-electron chi connectivity index (χ0n) is 12.8. The summed E-state index contributed by atoms with van der Waals surface area (Å²) in [5, 5.41) is 13.1. The van der Waals surface area contributed by atoms with E-state index in [1.807, 2.05) is 6.07 Å². The van der Waals surface area contributed by atoms with Crippen LogP contribution < -0.4 is 10.1 Å². The molecule has 0 aromatic heterocycles. The van der Waals surface area contributed by atoms with Crippen molar-refractivity contribution in [2.24, 2.45) is 0 Å². The molecule has 108 valence electrons. The molecular formula is C16H27NO2. The van der Waals surface area contributed by atoms with E-state index in [1.165, 1.54) is 11.1 Å². The van der Waals surface area contributed by atoms with Gasteiger partial charge in [0.05, 0.1) is 12.2 Å². The molecule has 0 heterocycles. The van der Waals surface area contributed by atoms with E-state index in [1.54, 1.807) is 13.8 Å². The molecule has 3 nitrogen and oxygen atoms in total. The Morgan fingerprint density at radius 1 is 1.37 bits per heavy atom. The molecule has 0 bridgehead atoms. The van der Waals surface area contributed by atoms with E-state index >= 15 is 0 Å². The first-order valence-corrected chi connectivity index (χ1v) is 7.02. The third kappa shape index (κ3) is 5.62. The quantitative estimate of drug-likeness (QED) is 0.795. The lowest BCUT2D eigenvalue weighted by molar-refractivity contribution is 0.0551. The van der Waals surface area contributed by atoms with Crippen molar-refractivity contribution >= 4 is 0 Å². The second kappa shape index (κ2) is 6.92. The largest absolute Gasteiger partial charge is 0.493 e. The molecule has 0 aliphatic carbocycles. The Balaban J connectivity index is 2.76. The lowest BCUT2D eigenvalue weighted by Gasteiger charge is -2.21. The van der Waals surface area contributed by atoms with E-state index < -0.39 is 5.60 Å². The first-order chi connectivity index (χ1) is 8.83. The smallest absolute Gasteiger partial charge is 0.124 e. The van der Waals surface area contributed by atoms with Crippen LogP contribution in [0.3, 0.4) is 0 Å². The highest BCUT2D eigenvalue weighted by Crippen LogP contribution is 2.26. The number of rotatable bonds is 7. The third-order valence-electron chi connectivity index (χ3n) is 3.11. The minimum Gasteiger partial charge on any atom is -0.493 e. The van der Waals surface area contributed by atoms with Crippen LogP contribution in [0.1, 0.15) is 51.3 Å². The van der Waals surface area contributed by atoms with Crippen LogP contribution in [0.4, 0.5) is 0 Å². The van der Waals surface area contributed by atoms with Crippen molar-refractivity contribution in [1.82, 2.24) is 5.32 Å². The fraction of sp³-hybridized carbons (Fsp3) is 0.625. The van der Waals surface area contributed by atoms with Gasteiger partial charge in [-0.2, -0.15) is 0 Å². The molecule has 19 heavy (non-hydrogen) atoms. The summed E-state index contributed by atoms with van der Waals surface area (Å²) in [6.07, 6.45) is 0.621. The number of hydrogen-bond donors (Lipinski definition) is 2. The molecule has 3 heteroatoms. The van der Waals surface area contributed by atoms with Gasteiger partial charge in [0.25, 0.3) is 0 Å². The van der Waals surface area contributed by atoms with Crippen molar-refractivity contribution in [2.75, 3.05) is 13.2 Å². The summed E-state index contributed by atoms with van der Waals surface area (Å²) in [4.78, 5) is 0. The molecule has 0 amide bonds. The molecule has 2 N–H and O–H groups in total. The van der Waals surface area contributed by atoms with Gasteiger partial charge in [0, 0.05) is 18.0 Å². The number of benzene rings is 1. The standard InChI is InChI=1S/C16H27NO2/c1-6-17-13(3)14-11-12(2)7-8-15(14)19-10-9-16(4,5)18/h7-8,11,13,17-18H,6,9-10H2,1-5H3. The molecule has 0 saturated carbocycles. The van der Waals surface area contributed by atoms with Crippen molar-refractivity contribution in [3.8, 4) is 5.75 Å². The van der Waals surface area contributed by atoms with Gasteiger partial charge in [-0.05, 0) is 40.3 Å². The number of hydrogen-bond acceptors (Lipinski definition) is 3. The van der Waals surface area contributed by atoms with E-state index in [-0.39, 0.29) is 6.04 Å². The van der Waals surface area contributed by atoms with Crippen LogP contribution >= 0.6 is 0 Å². The van der Waals surface area contributed by atoms with E-state index in [2.05, 4.69) is 38.2 Å². The van der Waals surface area contributed by atoms with Crippen molar-refractivity contribution in [3.63, 3.8) is 0 Å². The number of nitrogens with one attached hydrogen (secondary N) is 1. The molecule has 0 radical (unpaired) electrons. The number of ether oxygens (including phenoxy) is 1. The molecule has 0 fully saturated rings. The van der Waals surface area contributed by atoms with Crippen LogP contribution in [-0.2, 0) is 0 Å². The Morgan fingerprint density at radius 3 is 2.63 bits per heavy atom. The SMILES string of the molecule is CCNC(C)c1cc(C)ccc1OCCC(C)(C)O. The van der Waals surface area contributed by atoms with E-state index in [0.29, 0.717) is 13.0 Å². The first-order valence-electron chi connectivity index (χ1n) is 7.02. The van der Waals surface area contributed by atoms with Gasteiger partial charge in [-0.25, -0.2) is 0 Å². The highest BCUT2D eigenvalue weighted by molar-refractivity contribution is 5.39. The summed E-state index contributed by atoms with van der Waals surface area (Å²) in [7, 11) is 0. The Bertz CT molecular complexity index is 396. The fourth-order valence-corrected chi connectivity index (χ4v) is 1.96. The molecule has 0 aliphatic heterocycles. The predicted molar refractivity (Wildman–Crippen MR) is 79.7 cm³/mol.